The summed E-state index contributed by atoms with van der Waals surface area (Å²) >= 11 is 0. The van der Waals surface area contributed by atoms with E-state index in [1.165, 1.54) is 0 Å². The first-order chi connectivity index (χ1) is 10.5. The average molecular weight is 298 g/mol. The van der Waals surface area contributed by atoms with Crippen LogP contribution in [0.3, 0.4) is 0 Å². The van der Waals surface area contributed by atoms with E-state index in [0.29, 0.717) is 0 Å². The van der Waals surface area contributed by atoms with Crippen LogP contribution in [0.5, 0.6) is 0 Å². The van der Waals surface area contributed by atoms with Gasteiger partial charge in [-0.25, -0.2) is 4.98 Å². The van der Waals surface area contributed by atoms with Crippen LogP contribution >= 0.6 is 0 Å². The Balaban J connectivity index is 2.06. The van der Waals surface area contributed by atoms with Crippen LogP contribution in [0.25, 0.3) is 5.65 Å². The highest BCUT2D eigenvalue weighted by molar-refractivity contribution is 5.56. The van der Waals surface area contributed by atoms with Crippen LogP contribution in [0.15, 0.2) is 18.3 Å². The smallest absolute Gasteiger partial charge is 0.160 e. The summed E-state index contributed by atoms with van der Waals surface area (Å²) in [6, 6.07) is 4.27. The lowest BCUT2D eigenvalue weighted by atomic mass is 10.1. The fourth-order valence-corrected chi connectivity index (χ4v) is 2.74. The van der Waals surface area contributed by atoms with Crippen molar-refractivity contribution in [1.82, 2.24) is 24.4 Å². The Hall–Kier alpha value is -2.37. The van der Waals surface area contributed by atoms with Gasteiger partial charge in [0.05, 0.1) is 17.4 Å². The molecular formula is C16H22N6. The number of aryl methyl sites for hydroxylation is 4. The van der Waals surface area contributed by atoms with Crippen LogP contribution < -0.4 is 5.32 Å². The van der Waals surface area contributed by atoms with E-state index in [1.807, 2.05) is 48.4 Å². The molecule has 3 heterocycles. The molecule has 1 unspecified atom stereocenters. The van der Waals surface area contributed by atoms with Crippen LogP contribution in [0.1, 0.15) is 42.0 Å². The SMILES string of the molecule is CCC(Nc1cc(C)nc2c(C)c(C)nn12)c1ccnn1C. The molecule has 116 valence electrons. The summed E-state index contributed by atoms with van der Waals surface area (Å²) < 4.78 is 3.81. The topological polar surface area (TPSA) is 60.0 Å². The molecule has 0 saturated carbocycles. The second kappa shape index (κ2) is 5.44. The molecule has 0 amide bonds. The number of fused-ring (bicyclic) bond motifs is 1. The Labute approximate surface area is 130 Å². The van der Waals surface area contributed by atoms with E-state index in [9.17, 15) is 0 Å². The van der Waals surface area contributed by atoms with E-state index in [1.54, 1.807) is 0 Å². The second-order valence-corrected chi connectivity index (χ2v) is 5.71. The number of rotatable bonds is 4. The zero-order valence-electron chi connectivity index (χ0n) is 13.8. The van der Waals surface area contributed by atoms with Gasteiger partial charge in [0.1, 0.15) is 5.82 Å². The summed E-state index contributed by atoms with van der Waals surface area (Å²) in [6.45, 7) is 8.25. The van der Waals surface area contributed by atoms with Crippen molar-refractivity contribution in [3.05, 3.63) is 41.0 Å². The Morgan fingerprint density at radius 2 is 2.05 bits per heavy atom. The monoisotopic (exact) mass is 298 g/mol. The minimum absolute atomic E-state index is 0.183. The summed E-state index contributed by atoms with van der Waals surface area (Å²) in [5.74, 6) is 0.965. The predicted molar refractivity (Wildman–Crippen MR) is 87.1 cm³/mol. The van der Waals surface area contributed by atoms with E-state index < -0.39 is 0 Å². The third-order valence-corrected chi connectivity index (χ3v) is 4.13. The van der Waals surface area contributed by atoms with Gasteiger partial charge in [0.2, 0.25) is 0 Å². The van der Waals surface area contributed by atoms with E-state index in [-0.39, 0.29) is 6.04 Å². The van der Waals surface area contributed by atoms with Gasteiger partial charge in [-0.1, -0.05) is 6.92 Å². The van der Waals surface area contributed by atoms with Crippen molar-refractivity contribution in [1.29, 1.82) is 0 Å². The Morgan fingerprint density at radius 3 is 2.68 bits per heavy atom. The highest BCUT2D eigenvalue weighted by Gasteiger charge is 2.16. The van der Waals surface area contributed by atoms with Crippen LogP contribution in [-0.4, -0.2) is 24.4 Å². The van der Waals surface area contributed by atoms with Gasteiger partial charge in [-0.3, -0.25) is 4.68 Å². The molecule has 1 N–H and O–H groups in total. The molecular weight excluding hydrogens is 276 g/mol. The van der Waals surface area contributed by atoms with Gasteiger partial charge in [-0.2, -0.15) is 14.7 Å². The molecule has 6 nitrogen and oxygen atoms in total. The third kappa shape index (κ3) is 2.34. The maximum absolute atomic E-state index is 4.61. The van der Waals surface area contributed by atoms with E-state index >= 15 is 0 Å². The van der Waals surface area contributed by atoms with Crippen molar-refractivity contribution < 1.29 is 0 Å². The normalized spacial score (nSPS) is 12.8. The lowest BCUT2D eigenvalue weighted by Gasteiger charge is -2.19. The van der Waals surface area contributed by atoms with Gasteiger partial charge in [0, 0.05) is 30.6 Å². The second-order valence-electron chi connectivity index (χ2n) is 5.71. The van der Waals surface area contributed by atoms with Crippen LogP contribution in [0.4, 0.5) is 5.82 Å². The first-order valence-corrected chi connectivity index (χ1v) is 7.59. The fourth-order valence-electron chi connectivity index (χ4n) is 2.74. The number of nitrogens with one attached hydrogen (secondary N) is 1. The Morgan fingerprint density at radius 1 is 1.27 bits per heavy atom. The maximum atomic E-state index is 4.61. The molecule has 0 fully saturated rings. The summed E-state index contributed by atoms with van der Waals surface area (Å²) in [6.07, 6.45) is 2.79. The first kappa shape index (κ1) is 14.6. The summed E-state index contributed by atoms with van der Waals surface area (Å²) in [7, 11) is 1.97. The molecule has 3 aromatic rings. The Bertz CT molecular complexity index is 814. The molecule has 22 heavy (non-hydrogen) atoms. The number of aromatic nitrogens is 5. The van der Waals surface area contributed by atoms with Crippen molar-refractivity contribution >= 4 is 11.5 Å². The van der Waals surface area contributed by atoms with Crippen molar-refractivity contribution in [3.63, 3.8) is 0 Å². The molecule has 0 aliphatic rings. The molecule has 0 spiro atoms. The lowest BCUT2D eigenvalue weighted by molar-refractivity contribution is 0.629. The molecule has 0 aliphatic heterocycles. The van der Waals surface area contributed by atoms with Crippen LogP contribution in [0, 0.1) is 20.8 Å². The minimum Gasteiger partial charge on any atom is -0.362 e. The van der Waals surface area contributed by atoms with Crippen molar-refractivity contribution in [2.24, 2.45) is 7.05 Å². The largest absolute Gasteiger partial charge is 0.362 e. The highest BCUT2D eigenvalue weighted by Crippen LogP contribution is 2.24. The Kier molecular flexibility index (Phi) is 3.60. The van der Waals surface area contributed by atoms with Gasteiger partial charge in [0.25, 0.3) is 0 Å². The van der Waals surface area contributed by atoms with E-state index in [4.69, 9.17) is 0 Å². The van der Waals surface area contributed by atoms with Crippen LogP contribution in [-0.2, 0) is 7.05 Å². The van der Waals surface area contributed by atoms with Crippen molar-refractivity contribution in [3.8, 4) is 0 Å². The number of anilines is 1. The quantitative estimate of drug-likeness (QED) is 0.804. The van der Waals surface area contributed by atoms with Crippen molar-refractivity contribution in [2.45, 2.75) is 40.2 Å². The number of hydrogen-bond donors (Lipinski definition) is 1. The molecule has 0 bridgehead atoms. The van der Waals surface area contributed by atoms with Gasteiger partial charge < -0.3 is 5.32 Å². The third-order valence-electron chi connectivity index (χ3n) is 4.13. The molecule has 0 aromatic carbocycles. The number of nitrogens with zero attached hydrogens (tertiary/aromatic N) is 5. The van der Waals surface area contributed by atoms with Gasteiger partial charge in [-0.15, -0.1) is 0 Å². The predicted octanol–water partition coefficient (Wildman–Crippen LogP) is 2.95. The van der Waals surface area contributed by atoms with Gasteiger partial charge in [-0.05, 0) is 33.3 Å². The molecule has 6 heteroatoms. The minimum atomic E-state index is 0.183. The molecule has 0 aliphatic carbocycles. The molecule has 3 rings (SSSR count). The molecule has 0 saturated heterocycles. The number of hydrogen-bond acceptors (Lipinski definition) is 4. The molecule has 3 aromatic heterocycles. The highest BCUT2D eigenvalue weighted by atomic mass is 15.3. The van der Waals surface area contributed by atoms with E-state index in [2.05, 4.69) is 34.3 Å². The van der Waals surface area contributed by atoms with Crippen molar-refractivity contribution in [2.75, 3.05) is 5.32 Å². The maximum Gasteiger partial charge on any atom is 0.160 e. The summed E-state index contributed by atoms with van der Waals surface area (Å²) in [4.78, 5) is 4.61. The first-order valence-electron chi connectivity index (χ1n) is 7.59. The zero-order valence-corrected chi connectivity index (χ0v) is 13.8. The van der Waals surface area contributed by atoms with Gasteiger partial charge in [0.15, 0.2) is 5.65 Å². The van der Waals surface area contributed by atoms with Gasteiger partial charge >= 0.3 is 0 Å². The lowest BCUT2D eigenvalue weighted by Crippen LogP contribution is -2.16. The van der Waals surface area contributed by atoms with E-state index in [0.717, 1.165) is 40.5 Å². The molecule has 1 atom stereocenters. The molecule has 0 radical (unpaired) electrons. The standard InChI is InChI=1S/C16H22N6/c1-6-13(14-7-8-17-21(14)5)19-15-9-10(2)18-16-11(3)12(4)20-22(15)16/h7-9,13,19H,6H2,1-5H3. The fraction of sp³-hybridized carbons (Fsp3) is 0.438. The average Bonchev–Trinajstić information content (AvgIpc) is 3.02. The van der Waals surface area contributed by atoms with Crippen LogP contribution in [0.2, 0.25) is 0 Å². The summed E-state index contributed by atoms with van der Waals surface area (Å²) in [5, 5.41) is 12.5. The summed E-state index contributed by atoms with van der Waals surface area (Å²) in [5.41, 5.74) is 5.19. The zero-order chi connectivity index (χ0) is 15.9.